The SMILES string of the molecule is COc1cc2c(c3c1OC(C)(C)C3)C(c1cccc(-c3nnnn3CC(=O)O)c1)=NC(C)(C)C2.[NaH]. The number of benzene rings is 2. The van der Waals surface area contributed by atoms with Gasteiger partial charge in [0.25, 0.3) is 0 Å². The van der Waals surface area contributed by atoms with E-state index < -0.39 is 5.97 Å². The van der Waals surface area contributed by atoms with Crippen LogP contribution in [0.25, 0.3) is 11.4 Å². The van der Waals surface area contributed by atoms with Crippen LogP contribution in [0.2, 0.25) is 0 Å². The normalized spacial score (nSPS) is 16.9. The van der Waals surface area contributed by atoms with Crippen LogP contribution in [0.5, 0.6) is 11.5 Å². The molecule has 0 amide bonds. The third-order valence-electron chi connectivity index (χ3n) is 6.11. The fourth-order valence-corrected chi connectivity index (χ4v) is 4.88. The number of rotatable bonds is 5. The van der Waals surface area contributed by atoms with Crippen molar-refractivity contribution in [3.63, 3.8) is 0 Å². The topological polar surface area (TPSA) is 112 Å². The van der Waals surface area contributed by atoms with Crippen LogP contribution >= 0.6 is 0 Å². The Morgan fingerprint density at radius 1 is 1.17 bits per heavy atom. The number of hydrogen-bond donors (Lipinski definition) is 1. The number of methoxy groups -OCH3 is 1. The molecule has 178 valence electrons. The van der Waals surface area contributed by atoms with E-state index >= 15 is 0 Å². The van der Waals surface area contributed by atoms with Gasteiger partial charge in [0.1, 0.15) is 12.1 Å². The van der Waals surface area contributed by atoms with Crippen LogP contribution in [0.1, 0.15) is 49.9 Å². The van der Waals surface area contributed by atoms with E-state index in [9.17, 15) is 9.90 Å². The molecule has 2 aliphatic heterocycles. The van der Waals surface area contributed by atoms with Gasteiger partial charge >= 0.3 is 35.5 Å². The number of hydrogen-bond acceptors (Lipinski definition) is 7. The summed E-state index contributed by atoms with van der Waals surface area (Å²) in [5.41, 5.74) is 5.23. The van der Waals surface area contributed by atoms with Crippen molar-refractivity contribution < 1.29 is 19.4 Å². The molecule has 0 bridgehead atoms. The maximum absolute atomic E-state index is 11.2. The number of carboxylic acid groups (broad SMARTS) is 1. The Balaban J connectivity index is 0.00000289. The van der Waals surface area contributed by atoms with Crippen molar-refractivity contribution in [3.05, 3.63) is 52.6 Å². The Morgan fingerprint density at radius 3 is 2.63 bits per heavy atom. The van der Waals surface area contributed by atoms with Crippen molar-refractivity contribution in [2.24, 2.45) is 4.99 Å². The number of tetrazole rings is 1. The van der Waals surface area contributed by atoms with Gasteiger partial charge < -0.3 is 14.6 Å². The standard InChI is InChI=1S/C25H27N5O4.Na.H/c1-24(2)11-16-10-18(33-5)22-17(12-25(3,4)34-22)20(16)21(26-24)14-7-6-8-15(9-14)23-27-28-29-30(23)13-19(31)32;;/h6-10H,11-13H2,1-5H3,(H,31,32);;. The van der Waals surface area contributed by atoms with Gasteiger partial charge in [-0.2, -0.15) is 0 Å². The summed E-state index contributed by atoms with van der Waals surface area (Å²) in [6.07, 6.45) is 1.53. The average molecular weight is 486 g/mol. The number of carbonyl (C=O) groups is 1. The first kappa shape index (κ1) is 25.3. The molecule has 0 atom stereocenters. The second-order valence-corrected chi connectivity index (χ2v) is 10.0. The van der Waals surface area contributed by atoms with Gasteiger partial charge in [-0.1, -0.05) is 18.2 Å². The summed E-state index contributed by atoms with van der Waals surface area (Å²) in [6.45, 7) is 8.07. The second kappa shape index (κ2) is 9.04. The van der Waals surface area contributed by atoms with Crippen LogP contribution in [-0.4, -0.2) is 84.8 Å². The Labute approximate surface area is 225 Å². The van der Waals surface area contributed by atoms with E-state index in [1.54, 1.807) is 7.11 Å². The van der Waals surface area contributed by atoms with Crippen molar-refractivity contribution in [1.82, 2.24) is 20.2 Å². The zero-order valence-corrected chi connectivity index (χ0v) is 19.9. The average Bonchev–Trinajstić information content (AvgIpc) is 3.34. The molecule has 0 saturated heterocycles. The van der Waals surface area contributed by atoms with Gasteiger partial charge in [0, 0.05) is 28.7 Å². The van der Waals surface area contributed by atoms with E-state index in [-0.39, 0.29) is 47.2 Å². The van der Waals surface area contributed by atoms with E-state index in [4.69, 9.17) is 14.5 Å². The molecule has 0 radical (unpaired) electrons. The zero-order valence-electron chi connectivity index (χ0n) is 19.9. The van der Waals surface area contributed by atoms with Gasteiger partial charge in [-0.05, 0) is 62.2 Å². The molecule has 0 aliphatic carbocycles. The van der Waals surface area contributed by atoms with Crippen LogP contribution in [-0.2, 0) is 24.2 Å². The van der Waals surface area contributed by atoms with Gasteiger partial charge in [-0.15, -0.1) is 5.10 Å². The van der Waals surface area contributed by atoms with Crippen LogP contribution in [0, 0.1) is 0 Å². The molecular formula is C25H28N5NaO4. The van der Waals surface area contributed by atoms with Crippen LogP contribution in [0.15, 0.2) is 35.3 Å². The number of aliphatic carboxylic acids is 1. The number of aliphatic imine (C=N–C) groups is 1. The van der Waals surface area contributed by atoms with Crippen molar-refractivity contribution >= 4 is 41.2 Å². The number of aromatic nitrogens is 4. The Morgan fingerprint density at radius 2 is 1.91 bits per heavy atom. The molecule has 2 aliphatic rings. The third-order valence-corrected chi connectivity index (χ3v) is 6.11. The minimum atomic E-state index is -1.01. The van der Waals surface area contributed by atoms with Crippen molar-refractivity contribution in [2.45, 2.75) is 58.2 Å². The minimum absolute atomic E-state index is 0. The molecule has 2 aromatic carbocycles. The molecule has 35 heavy (non-hydrogen) atoms. The summed E-state index contributed by atoms with van der Waals surface area (Å²) in [6, 6.07) is 9.83. The van der Waals surface area contributed by atoms with E-state index in [1.165, 1.54) is 10.2 Å². The Bertz CT molecular complexity index is 1350. The summed E-state index contributed by atoms with van der Waals surface area (Å²) < 4.78 is 13.3. The number of nitrogens with zero attached hydrogens (tertiary/aromatic N) is 5. The Hall–Kier alpha value is -2.75. The zero-order chi connectivity index (χ0) is 24.3. The van der Waals surface area contributed by atoms with E-state index in [0.29, 0.717) is 5.82 Å². The van der Waals surface area contributed by atoms with E-state index in [1.807, 2.05) is 24.3 Å². The van der Waals surface area contributed by atoms with Gasteiger partial charge in [0.15, 0.2) is 17.3 Å². The molecule has 0 unspecified atom stereocenters. The fourth-order valence-electron chi connectivity index (χ4n) is 4.88. The van der Waals surface area contributed by atoms with Crippen LogP contribution in [0.4, 0.5) is 0 Å². The van der Waals surface area contributed by atoms with Crippen molar-refractivity contribution in [1.29, 1.82) is 0 Å². The van der Waals surface area contributed by atoms with E-state index in [0.717, 1.165) is 52.3 Å². The Kier molecular flexibility index (Phi) is 6.54. The van der Waals surface area contributed by atoms with Crippen molar-refractivity contribution in [2.75, 3.05) is 7.11 Å². The summed E-state index contributed by atoms with van der Waals surface area (Å²) in [5.74, 6) is 0.909. The van der Waals surface area contributed by atoms with Gasteiger partial charge in [0.2, 0.25) is 0 Å². The molecule has 0 spiro atoms. The summed E-state index contributed by atoms with van der Waals surface area (Å²) in [5, 5.41) is 20.8. The molecule has 5 rings (SSSR count). The first-order valence-corrected chi connectivity index (χ1v) is 11.2. The molecule has 1 aromatic heterocycles. The first-order valence-electron chi connectivity index (χ1n) is 11.2. The number of fused-ring (bicyclic) bond motifs is 3. The maximum atomic E-state index is 11.2. The molecule has 0 saturated carbocycles. The molecular weight excluding hydrogens is 457 g/mol. The quantitative estimate of drug-likeness (QED) is 0.553. The molecule has 0 fully saturated rings. The third kappa shape index (κ3) is 4.72. The number of carboxylic acids is 1. The second-order valence-electron chi connectivity index (χ2n) is 10.0. The van der Waals surface area contributed by atoms with Crippen molar-refractivity contribution in [3.8, 4) is 22.9 Å². The fraction of sp³-hybridized carbons (Fsp3) is 0.400. The van der Waals surface area contributed by atoms with E-state index in [2.05, 4.69) is 49.3 Å². The molecule has 3 heterocycles. The summed E-state index contributed by atoms with van der Waals surface area (Å²) in [4.78, 5) is 16.4. The van der Waals surface area contributed by atoms with Crippen LogP contribution in [0.3, 0.4) is 0 Å². The summed E-state index contributed by atoms with van der Waals surface area (Å²) in [7, 11) is 1.67. The molecule has 3 aromatic rings. The molecule has 10 heteroatoms. The molecule has 9 nitrogen and oxygen atoms in total. The van der Waals surface area contributed by atoms with Crippen LogP contribution < -0.4 is 9.47 Å². The number of ether oxygens (including phenoxy) is 2. The predicted octanol–water partition coefficient (Wildman–Crippen LogP) is 2.67. The predicted molar refractivity (Wildman–Crippen MR) is 133 cm³/mol. The first-order chi connectivity index (χ1) is 16.1. The van der Waals surface area contributed by atoms with Gasteiger partial charge in [-0.25, -0.2) is 4.68 Å². The summed E-state index contributed by atoms with van der Waals surface area (Å²) >= 11 is 0. The molecule has 1 N–H and O–H groups in total. The van der Waals surface area contributed by atoms with Gasteiger partial charge in [-0.3, -0.25) is 9.79 Å². The van der Waals surface area contributed by atoms with Gasteiger partial charge in [0.05, 0.1) is 18.4 Å². The monoisotopic (exact) mass is 485 g/mol.